The molecule has 0 radical (unpaired) electrons. The van der Waals surface area contributed by atoms with Gasteiger partial charge in [0.1, 0.15) is 5.82 Å². The van der Waals surface area contributed by atoms with Gasteiger partial charge in [-0.25, -0.2) is 4.98 Å². The van der Waals surface area contributed by atoms with Crippen molar-refractivity contribution in [2.24, 2.45) is 7.05 Å². The Morgan fingerprint density at radius 3 is 2.39 bits per heavy atom. The first-order valence-electron chi connectivity index (χ1n) is 12.1. The van der Waals surface area contributed by atoms with Crippen LogP contribution >= 0.6 is 0 Å². The fraction of sp³-hybridized carbons (Fsp3) is 0.286. The fourth-order valence-corrected chi connectivity index (χ4v) is 4.71. The van der Waals surface area contributed by atoms with Crippen LogP contribution in [-0.2, 0) is 13.6 Å². The summed E-state index contributed by atoms with van der Waals surface area (Å²) in [6, 6.07) is 21.4. The van der Waals surface area contributed by atoms with Crippen LogP contribution in [0.1, 0.15) is 16.2 Å². The molecule has 186 valence electrons. The summed E-state index contributed by atoms with van der Waals surface area (Å²) in [7, 11) is 5.22. The van der Waals surface area contributed by atoms with Gasteiger partial charge in [-0.05, 0) is 42.5 Å². The van der Waals surface area contributed by atoms with Gasteiger partial charge in [0, 0.05) is 38.8 Å². The molecule has 0 saturated carbocycles. The van der Waals surface area contributed by atoms with Crippen LogP contribution in [0.5, 0.6) is 11.5 Å². The smallest absolute Gasteiger partial charge is 0.255 e. The summed E-state index contributed by atoms with van der Waals surface area (Å²) in [6.07, 6.45) is 0. The van der Waals surface area contributed by atoms with Crippen LogP contribution in [-0.4, -0.2) is 60.8 Å². The first-order chi connectivity index (χ1) is 17.6. The first-order valence-corrected chi connectivity index (χ1v) is 12.1. The molecular weight excluding hydrogens is 454 g/mol. The van der Waals surface area contributed by atoms with E-state index in [2.05, 4.69) is 44.9 Å². The zero-order valence-electron chi connectivity index (χ0n) is 20.9. The minimum Gasteiger partial charge on any atom is -0.493 e. The number of hydrogen-bond acceptors (Lipinski definition) is 6. The van der Waals surface area contributed by atoms with Crippen molar-refractivity contribution in [2.75, 3.05) is 50.6 Å². The highest BCUT2D eigenvalue weighted by Crippen LogP contribution is 2.30. The Hall–Kier alpha value is -4.04. The van der Waals surface area contributed by atoms with Crippen molar-refractivity contribution in [3.05, 3.63) is 78.1 Å². The molecule has 1 saturated heterocycles. The van der Waals surface area contributed by atoms with E-state index in [1.807, 2.05) is 30.3 Å². The number of benzene rings is 3. The lowest BCUT2D eigenvalue weighted by molar-refractivity contribution is 0.102. The van der Waals surface area contributed by atoms with Crippen LogP contribution in [0, 0.1) is 0 Å². The molecule has 0 atom stereocenters. The van der Waals surface area contributed by atoms with Crippen molar-refractivity contribution in [3.63, 3.8) is 0 Å². The Balaban J connectivity index is 1.25. The third-order valence-electron chi connectivity index (χ3n) is 6.76. The van der Waals surface area contributed by atoms with E-state index in [9.17, 15) is 4.79 Å². The van der Waals surface area contributed by atoms with Crippen molar-refractivity contribution in [2.45, 2.75) is 6.54 Å². The Morgan fingerprint density at radius 2 is 1.64 bits per heavy atom. The SMILES string of the molecule is COc1ccc(C(=O)Nc2ccccc2N2CCN(Cc3nc4ccccc4n3C)CC2)cc1OC. The molecule has 1 amide bonds. The zero-order chi connectivity index (χ0) is 25.1. The topological polar surface area (TPSA) is 71.9 Å². The highest BCUT2D eigenvalue weighted by Gasteiger charge is 2.22. The summed E-state index contributed by atoms with van der Waals surface area (Å²) >= 11 is 0. The molecule has 1 aromatic heterocycles. The van der Waals surface area contributed by atoms with E-state index in [1.165, 1.54) is 0 Å². The lowest BCUT2D eigenvalue weighted by Crippen LogP contribution is -2.46. The lowest BCUT2D eigenvalue weighted by Gasteiger charge is -2.36. The number of nitrogens with one attached hydrogen (secondary N) is 1. The maximum atomic E-state index is 13.0. The molecule has 0 unspecified atom stereocenters. The number of carbonyl (C=O) groups is 1. The van der Waals surface area contributed by atoms with Gasteiger partial charge in [-0.15, -0.1) is 0 Å². The molecule has 8 nitrogen and oxygen atoms in total. The number of fused-ring (bicyclic) bond motifs is 1. The van der Waals surface area contributed by atoms with E-state index in [-0.39, 0.29) is 5.91 Å². The van der Waals surface area contributed by atoms with Gasteiger partial charge in [0.2, 0.25) is 0 Å². The van der Waals surface area contributed by atoms with E-state index < -0.39 is 0 Å². The first kappa shape index (κ1) is 23.7. The quantitative estimate of drug-likeness (QED) is 0.424. The number of para-hydroxylation sites is 4. The molecule has 36 heavy (non-hydrogen) atoms. The molecule has 3 aromatic carbocycles. The third-order valence-corrected chi connectivity index (χ3v) is 6.76. The monoisotopic (exact) mass is 485 g/mol. The van der Waals surface area contributed by atoms with Crippen molar-refractivity contribution in [3.8, 4) is 11.5 Å². The van der Waals surface area contributed by atoms with Gasteiger partial charge in [-0.2, -0.15) is 0 Å². The van der Waals surface area contributed by atoms with Crippen LogP contribution in [0.25, 0.3) is 11.0 Å². The number of methoxy groups -OCH3 is 2. The van der Waals surface area contributed by atoms with E-state index in [0.29, 0.717) is 17.1 Å². The van der Waals surface area contributed by atoms with Gasteiger partial charge < -0.3 is 24.3 Å². The van der Waals surface area contributed by atoms with E-state index in [0.717, 1.165) is 61.0 Å². The maximum Gasteiger partial charge on any atom is 0.255 e. The fourth-order valence-electron chi connectivity index (χ4n) is 4.71. The van der Waals surface area contributed by atoms with Crippen LogP contribution < -0.4 is 19.7 Å². The summed E-state index contributed by atoms with van der Waals surface area (Å²) in [5.41, 5.74) is 4.52. The number of rotatable bonds is 7. The second-order valence-corrected chi connectivity index (χ2v) is 8.88. The molecule has 2 heterocycles. The Morgan fingerprint density at radius 1 is 0.917 bits per heavy atom. The van der Waals surface area contributed by atoms with Crippen molar-refractivity contribution < 1.29 is 14.3 Å². The Kier molecular flexibility index (Phi) is 6.77. The number of piperazine rings is 1. The summed E-state index contributed by atoms with van der Waals surface area (Å²) in [5, 5.41) is 3.08. The normalized spacial score (nSPS) is 14.1. The second kappa shape index (κ2) is 10.3. The summed E-state index contributed by atoms with van der Waals surface area (Å²) in [5.74, 6) is 2.00. The van der Waals surface area contributed by atoms with Gasteiger partial charge in [-0.3, -0.25) is 9.69 Å². The van der Waals surface area contributed by atoms with E-state index >= 15 is 0 Å². The van der Waals surface area contributed by atoms with Crippen LogP contribution in [0.4, 0.5) is 11.4 Å². The molecule has 1 N–H and O–H groups in total. The molecule has 5 rings (SSSR count). The van der Waals surface area contributed by atoms with Crippen LogP contribution in [0.2, 0.25) is 0 Å². The molecule has 1 aliphatic rings. The molecule has 1 fully saturated rings. The number of imidazole rings is 1. The van der Waals surface area contributed by atoms with E-state index in [1.54, 1.807) is 32.4 Å². The highest BCUT2D eigenvalue weighted by atomic mass is 16.5. The predicted molar refractivity (Wildman–Crippen MR) is 142 cm³/mol. The molecular formula is C28H31N5O3. The van der Waals surface area contributed by atoms with Crippen molar-refractivity contribution in [1.29, 1.82) is 0 Å². The predicted octanol–water partition coefficient (Wildman–Crippen LogP) is 4.17. The van der Waals surface area contributed by atoms with E-state index in [4.69, 9.17) is 14.5 Å². The number of anilines is 2. The van der Waals surface area contributed by atoms with Crippen LogP contribution in [0.15, 0.2) is 66.7 Å². The van der Waals surface area contributed by atoms with Gasteiger partial charge in [-0.1, -0.05) is 24.3 Å². The number of amides is 1. The summed E-state index contributed by atoms with van der Waals surface area (Å²) in [6.45, 7) is 4.39. The average Bonchev–Trinajstić information content (AvgIpc) is 3.24. The summed E-state index contributed by atoms with van der Waals surface area (Å²) < 4.78 is 12.8. The highest BCUT2D eigenvalue weighted by molar-refractivity contribution is 6.06. The number of hydrogen-bond donors (Lipinski definition) is 1. The maximum absolute atomic E-state index is 13.0. The summed E-state index contributed by atoms with van der Waals surface area (Å²) in [4.78, 5) is 22.6. The van der Waals surface area contributed by atoms with Gasteiger partial charge in [0.25, 0.3) is 5.91 Å². The third kappa shape index (κ3) is 4.72. The number of carbonyl (C=O) groups excluding carboxylic acids is 1. The zero-order valence-corrected chi connectivity index (χ0v) is 20.9. The molecule has 0 bridgehead atoms. The minimum atomic E-state index is -0.191. The Labute approximate surface area is 211 Å². The number of ether oxygens (including phenoxy) is 2. The van der Waals surface area contributed by atoms with Gasteiger partial charge in [0.05, 0.1) is 43.2 Å². The number of nitrogens with zero attached hydrogens (tertiary/aromatic N) is 4. The van der Waals surface area contributed by atoms with Crippen LogP contribution in [0.3, 0.4) is 0 Å². The van der Waals surface area contributed by atoms with Gasteiger partial charge >= 0.3 is 0 Å². The molecule has 8 heteroatoms. The van der Waals surface area contributed by atoms with Crippen molar-refractivity contribution in [1.82, 2.24) is 14.5 Å². The average molecular weight is 486 g/mol. The lowest BCUT2D eigenvalue weighted by atomic mass is 10.1. The molecule has 1 aliphatic heterocycles. The van der Waals surface area contributed by atoms with Gasteiger partial charge in [0.15, 0.2) is 11.5 Å². The second-order valence-electron chi connectivity index (χ2n) is 8.88. The largest absolute Gasteiger partial charge is 0.493 e. The Bertz CT molecular complexity index is 1370. The van der Waals surface area contributed by atoms with Crippen molar-refractivity contribution >= 4 is 28.3 Å². The standard InChI is InChI=1S/C28H31N5O3/c1-31-23-10-6-4-8-21(23)29-27(31)19-32-14-16-33(17-15-32)24-11-7-5-9-22(24)30-28(34)20-12-13-25(35-2)26(18-20)36-3/h4-13,18H,14-17,19H2,1-3H3,(H,30,34). The molecule has 0 spiro atoms. The molecule has 4 aromatic rings. The minimum absolute atomic E-state index is 0.191. The number of aromatic nitrogens is 2. The molecule has 0 aliphatic carbocycles. The number of aryl methyl sites for hydroxylation is 1.